The van der Waals surface area contributed by atoms with Crippen molar-refractivity contribution in [1.29, 1.82) is 0 Å². The summed E-state index contributed by atoms with van der Waals surface area (Å²) in [5.74, 6) is 0.307. The van der Waals surface area contributed by atoms with Gasteiger partial charge in [-0.05, 0) is 6.42 Å². The first-order valence-electron chi connectivity index (χ1n) is 4.24. The highest BCUT2D eigenvalue weighted by Gasteiger charge is 2.15. The van der Waals surface area contributed by atoms with E-state index in [0.717, 1.165) is 19.6 Å². The third-order valence-electron chi connectivity index (χ3n) is 1.89. The number of hydrogen-bond acceptors (Lipinski definition) is 4. The Bertz CT molecular complexity index is 233. The summed E-state index contributed by atoms with van der Waals surface area (Å²) in [6.45, 7) is 2.24. The van der Waals surface area contributed by atoms with Crippen molar-refractivity contribution in [3.05, 3.63) is 0 Å². The van der Waals surface area contributed by atoms with E-state index in [2.05, 4.69) is 0 Å². The molecule has 1 fully saturated rings. The third-order valence-corrected chi connectivity index (χ3v) is 2.63. The van der Waals surface area contributed by atoms with Crippen molar-refractivity contribution >= 4 is 10.0 Å². The number of primary sulfonamides is 1. The maximum atomic E-state index is 10.5. The van der Waals surface area contributed by atoms with E-state index < -0.39 is 10.0 Å². The number of hydrogen-bond donors (Lipinski definition) is 1. The second-order valence-electron chi connectivity index (χ2n) is 3.17. The van der Waals surface area contributed by atoms with Crippen LogP contribution < -0.4 is 5.14 Å². The van der Waals surface area contributed by atoms with Gasteiger partial charge in [-0.25, -0.2) is 13.6 Å². The van der Waals surface area contributed by atoms with Gasteiger partial charge in [-0.1, -0.05) is 0 Å². The molecule has 1 saturated heterocycles. The molecule has 0 aliphatic carbocycles. The summed E-state index contributed by atoms with van der Waals surface area (Å²) < 4.78 is 31.3. The van der Waals surface area contributed by atoms with Crippen LogP contribution in [-0.4, -0.2) is 40.6 Å². The normalized spacial score (nSPS) is 23.6. The molecule has 0 bridgehead atoms. The lowest BCUT2D eigenvalue weighted by molar-refractivity contribution is 0.0997. The second kappa shape index (κ2) is 4.90. The van der Waals surface area contributed by atoms with Crippen LogP contribution in [0.25, 0.3) is 0 Å². The highest BCUT2D eigenvalue weighted by Crippen LogP contribution is 2.11. The predicted molar refractivity (Wildman–Crippen MR) is 47.7 cm³/mol. The molecule has 1 aliphatic rings. The van der Waals surface area contributed by atoms with Crippen molar-refractivity contribution < 1.29 is 17.9 Å². The van der Waals surface area contributed by atoms with Crippen LogP contribution in [0.1, 0.15) is 6.42 Å². The number of rotatable bonds is 5. The monoisotopic (exact) mass is 209 g/mol. The maximum absolute atomic E-state index is 10.5. The van der Waals surface area contributed by atoms with Gasteiger partial charge in [0.25, 0.3) is 0 Å². The van der Waals surface area contributed by atoms with Gasteiger partial charge < -0.3 is 9.47 Å². The molecule has 1 unspecified atom stereocenters. The van der Waals surface area contributed by atoms with Crippen LogP contribution in [0.2, 0.25) is 0 Å². The van der Waals surface area contributed by atoms with E-state index in [1.807, 2.05) is 0 Å². The first kappa shape index (κ1) is 10.9. The lowest BCUT2D eigenvalue weighted by Crippen LogP contribution is -2.21. The minimum atomic E-state index is -3.38. The number of nitrogens with two attached hydrogens (primary N) is 1. The molecular weight excluding hydrogens is 194 g/mol. The Hall–Kier alpha value is -0.170. The van der Waals surface area contributed by atoms with Crippen molar-refractivity contribution in [2.45, 2.75) is 6.42 Å². The number of ether oxygens (including phenoxy) is 2. The Morgan fingerprint density at radius 1 is 1.54 bits per heavy atom. The summed E-state index contributed by atoms with van der Waals surface area (Å²) in [5, 5.41) is 4.80. The Morgan fingerprint density at radius 3 is 2.85 bits per heavy atom. The summed E-state index contributed by atoms with van der Waals surface area (Å²) in [5.41, 5.74) is 0. The minimum absolute atomic E-state index is 0.111. The fourth-order valence-corrected chi connectivity index (χ4v) is 1.49. The zero-order chi connectivity index (χ0) is 9.73. The lowest BCUT2D eigenvalue weighted by atomic mass is 10.1. The van der Waals surface area contributed by atoms with Gasteiger partial charge in [-0.15, -0.1) is 0 Å². The average molecular weight is 209 g/mol. The van der Waals surface area contributed by atoms with E-state index in [9.17, 15) is 8.42 Å². The fraction of sp³-hybridized carbons (Fsp3) is 1.00. The molecule has 2 N–H and O–H groups in total. The molecular formula is C7H15NO4S. The molecule has 13 heavy (non-hydrogen) atoms. The largest absolute Gasteiger partial charge is 0.381 e. The van der Waals surface area contributed by atoms with Crippen LogP contribution in [-0.2, 0) is 19.5 Å². The van der Waals surface area contributed by atoms with Crippen LogP contribution in [0.15, 0.2) is 0 Å². The van der Waals surface area contributed by atoms with Crippen LogP contribution in [0.4, 0.5) is 0 Å². The van der Waals surface area contributed by atoms with Gasteiger partial charge in [-0.3, -0.25) is 0 Å². The molecule has 6 heteroatoms. The Morgan fingerprint density at radius 2 is 2.31 bits per heavy atom. The van der Waals surface area contributed by atoms with Crippen molar-refractivity contribution in [2.24, 2.45) is 11.1 Å². The van der Waals surface area contributed by atoms with Gasteiger partial charge in [0.1, 0.15) is 0 Å². The van der Waals surface area contributed by atoms with Gasteiger partial charge in [0.05, 0.1) is 25.6 Å². The molecule has 1 heterocycles. The lowest BCUT2D eigenvalue weighted by Gasteiger charge is -2.07. The first-order chi connectivity index (χ1) is 6.08. The summed E-state index contributed by atoms with van der Waals surface area (Å²) in [4.78, 5) is 0. The molecule has 5 nitrogen and oxygen atoms in total. The minimum Gasteiger partial charge on any atom is -0.381 e. The van der Waals surface area contributed by atoms with Gasteiger partial charge in [0.15, 0.2) is 0 Å². The molecule has 0 spiro atoms. The summed E-state index contributed by atoms with van der Waals surface area (Å²) >= 11 is 0. The molecule has 0 amide bonds. The molecule has 0 aromatic heterocycles. The highest BCUT2D eigenvalue weighted by molar-refractivity contribution is 7.89. The molecule has 1 aliphatic heterocycles. The molecule has 0 aromatic carbocycles. The Balaban J connectivity index is 2.01. The van der Waals surface area contributed by atoms with Gasteiger partial charge in [0.2, 0.25) is 10.0 Å². The summed E-state index contributed by atoms with van der Waals surface area (Å²) in [6, 6.07) is 0. The fourth-order valence-electron chi connectivity index (χ4n) is 1.14. The highest BCUT2D eigenvalue weighted by atomic mass is 32.2. The summed E-state index contributed by atoms with van der Waals surface area (Å²) in [7, 11) is -3.38. The van der Waals surface area contributed by atoms with Crippen molar-refractivity contribution in [3.63, 3.8) is 0 Å². The molecule has 0 radical (unpaired) electrons. The third kappa shape index (κ3) is 5.20. The SMILES string of the molecule is NS(=O)(=O)CCOCC1CCOC1. The van der Waals surface area contributed by atoms with E-state index in [1.165, 1.54) is 0 Å². The zero-order valence-electron chi connectivity index (χ0n) is 7.44. The Labute approximate surface area is 78.3 Å². The Kier molecular flexibility index (Phi) is 4.11. The van der Waals surface area contributed by atoms with Crippen LogP contribution >= 0.6 is 0 Å². The van der Waals surface area contributed by atoms with Crippen molar-refractivity contribution in [1.82, 2.24) is 0 Å². The number of sulfonamides is 1. The van der Waals surface area contributed by atoms with Crippen LogP contribution in [0.5, 0.6) is 0 Å². The molecule has 0 aromatic rings. The van der Waals surface area contributed by atoms with Crippen LogP contribution in [0, 0.1) is 5.92 Å². The van der Waals surface area contributed by atoms with Crippen molar-refractivity contribution in [3.8, 4) is 0 Å². The van der Waals surface area contributed by atoms with Crippen molar-refractivity contribution in [2.75, 3.05) is 32.2 Å². The van der Waals surface area contributed by atoms with Crippen LogP contribution in [0.3, 0.4) is 0 Å². The second-order valence-corrected chi connectivity index (χ2v) is 4.91. The van der Waals surface area contributed by atoms with E-state index >= 15 is 0 Å². The smallest absolute Gasteiger partial charge is 0.211 e. The molecule has 78 valence electrons. The zero-order valence-corrected chi connectivity index (χ0v) is 8.26. The molecule has 1 atom stereocenters. The van der Waals surface area contributed by atoms with Gasteiger partial charge in [-0.2, -0.15) is 0 Å². The van der Waals surface area contributed by atoms with E-state index in [0.29, 0.717) is 12.5 Å². The van der Waals surface area contributed by atoms with E-state index in [-0.39, 0.29) is 12.4 Å². The first-order valence-corrected chi connectivity index (χ1v) is 5.95. The summed E-state index contributed by atoms with van der Waals surface area (Å²) in [6.07, 6.45) is 0.995. The van der Waals surface area contributed by atoms with Gasteiger partial charge >= 0.3 is 0 Å². The predicted octanol–water partition coefficient (Wildman–Crippen LogP) is -0.672. The van der Waals surface area contributed by atoms with Gasteiger partial charge in [0, 0.05) is 12.5 Å². The van der Waals surface area contributed by atoms with E-state index in [1.54, 1.807) is 0 Å². The molecule has 1 rings (SSSR count). The quantitative estimate of drug-likeness (QED) is 0.609. The average Bonchev–Trinajstić information content (AvgIpc) is 2.48. The maximum Gasteiger partial charge on any atom is 0.211 e. The standard InChI is InChI=1S/C7H15NO4S/c8-13(9,10)4-3-12-6-7-1-2-11-5-7/h7H,1-6H2,(H2,8,9,10). The topological polar surface area (TPSA) is 78.6 Å². The van der Waals surface area contributed by atoms with E-state index in [4.69, 9.17) is 14.6 Å². The molecule has 0 saturated carbocycles.